The number of halogens is 1. The number of carbonyl (C=O) groups is 1. The van der Waals surface area contributed by atoms with Gasteiger partial charge in [0.1, 0.15) is 0 Å². The van der Waals surface area contributed by atoms with Crippen LogP contribution in [0.1, 0.15) is 39.8 Å². The molecule has 0 aliphatic heterocycles. The van der Waals surface area contributed by atoms with Crippen LogP contribution >= 0.6 is 11.6 Å². The number of hydrogen-bond acceptors (Lipinski definition) is 4. The van der Waals surface area contributed by atoms with Gasteiger partial charge in [0.2, 0.25) is 0 Å². The normalized spacial score (nSPS) is 10.7. The molecule has 0 saturated carbocycles. The summed E-state index contributed by atoms with van der Waals surface area (Å²) in [6, 6.07) is 6.19. The average molecular weight is 308 g/mol. The minimum Gasteiger partial charge on any atom is -0.461 e. The van der Waals surface area contributed by atoms with E-state index in [2.05, 4.69) is 36.3 Å². The lowest BCUT2D eigenvalue weighted by Crippen LogP contribution is -2.10. The molecule has 0 atom stereocenters. The van der Waals surface area contributed by atoms with Crippen molar-refractivity contribution in [3.05, 3.63) is 46.3 Å². The largest absolute Gasteiger partial charge is 0.461 e. The molecule has 1 heterocycles. The minimum atomic E-state index is -0.487. The van der Waals surface area contributed by atoms with E-state index in [0.717, 1.165) is 5.56 Å². The topological polar surface area (TPSA) is 57.0 Å². The maximum absolute atomic E-state index is 11.8. The van der Waals surface area contributed by atoms with Gasteiger partial charge in [-0.3, -0.25) is 0 Å². The predicted octanol–water partition coefficient (Wildman–Crippen LogP) is 2.86. The van der Waals surface area contributed by atoms with E-state index in [9.17, 15) is 4.79 Å². The Labute approximate surface area is 128 Å². The zero-order valence-corrected chi connectivity index (χ0v) is 13.1. The Hall–Kier alpha value is -1.88. The molecule has 112 valence electrons. The van der Waals surface area contributed by atoms with Gasteiger partial charge in [0.15, 0.2) is 5.69 Å². The first-order valence-corrected chi connectivity index (χ1v) is 7.31. The van der Waals surface area contributed by atoms with E-state index in [4.69, 9.17) is 16.3 Å². The molecule has 0 bridgehead atoms. The fourth-order valence-electron chi connectivity index (χ4n) is 2.02. The Morgan fingerprint density at radius 3 is 2.71 bits per heavy atom. The number of alkyl halides is 1. The molecule has 0 fully saturated rings. The van der Waals surface area contributed by atoms with Crippen molar-refractivity contribution in [3.63, 3.8) is 0 Å². The van der Waals surface area contributed by atoms with Crippen LogP contribution in [0.15, 0.2) is 18.2 Å². The van der Waals surface area contributed by atoms with Gasteiger partial charge in [-0.1, -0.05) is 23.4 Å². The molecule has 0 saturated heterocycles. The van der Waals surface area contributed by atoms with Gasteiger partial charge in [0, 0.05) is 0 Å². The zero-order valence-electron chi connectivity index (χ0n) is 12.4. The summed E-state index contributed by atoms with van der Waals surface area (Å²) in [5, 5.41) is 7.91. The van der Waals surface area contributed by atoms with Crippen molar-refractivity contribution in [1.82, 2.24) is 15.0 Å². The number of nitrogens with zero attached hydrogens (tertiary/aromatic N) is 3. The molecule has 0 radical (unpaired) electrons. The van der Waals surface area contributed by atoms with Crippen LogP contribution in [-0.4, -0.2) is 27.6 Å². The highest BCUT2D eigenvalue weighted by molar-refractivity contribution is 6.17. The van der Waals surface area contributed by atoms with E-state index in [1.807, 2.05) is 6.07 Å². The Morgan fingerprint density at radius 1 is 1.33 bits per heavy atom. The third-order valence-corrected chi connectivity index (χ3v) is 3.59. The van der Waals surface area contributed by atoms with Crippen molar-refractivity contribution in [2.24, 2.45) is 0 Å². The van der Waals surface area contributed by atoms with Crippen LogP contribution in [0.4, 0.5) is 0 Å². The van der Waals surface area contributed by atoms with Crippen LogP contribution < -0.4 is 0 Å². The second-order valence-corrected chi connectivity index (χ2v) is 5.08. The summed E-state index contributed by atoms with van der Waals surface area (Å²) in [7, 11) is 0. The average Bonchev–Trinajstić information content (AvgIpc) is 2.86. The van der Waals surface area contributed by atoms with Crippen LogP contribution in [0, 0.1) is 13.8 Å². The number of benzene rings is 1. The first-order chi connectivity index (χ1) is 10.1. The standard InChI is InChI=1S/C15H18ClN3O2/c1-4-21-15(20)14-13(8-16)19(18-17-14)9-12-6-5-10(2)11(3)7-12/h5-7H,4,8-9H2,1-3H3. The molecule has 2 rings (SSSR count). The quantitative estimate of drug-likeness (QED) is 0.629. The summed E-state index contributed by atoms with van der Waals surface area (Å²) in [6.45, 7) is 6.70. The fourth-order valence-corrected chi connectivity index (χ4v) is 2.29. The number of rotatable bonds is 5. The highest BCUT2D eigenvalue weighted by atomic mass is 35.5. The summed E-state index contributed by atoms with van der Waals surface area (Å²) >= 11 is 5.94. The van der Waals surface area contributed by atoms with Gasteiger partial charge in [0.05, 0.1) is 24.7 Å². The molecule has 5 nitrogen and oxygen atoms in total. The van der Waals surface area contributed by atoms with Gasteiger partial charge < -0.3 is 4.74 Å². The lowest BCUT2D eigenvalue weighted by atomic mass is 10.1. The zero-order chi connectivity index (χ0) is 15.4. The summed E-state index contributed by atoms with van der Waals surface area (Å²) in [5.74, 6) is -0.328. The van der Waals surface area contributed by atoms with E-state index in [-0.39, 0.29) is 11.6 Å². The summed E-state index contributed by atoms with van der Waals surface area (Å²) < 4.78 is 6.60. The molecule has 2 aromatic rings. The van der Waals surface area contributed by atoms with Crippen LogP contribution in [-0.2, 0) is 17.2 Å². The molecular formula is C15H18ClN3O2. The first kappa shape index (κ1) is 15.5. The number of esters is 1. The molecule has 1 aromatic carbocycles. The van der Waals surface area contributed by atoms with E-state index in [1.54, 1.807) is 11.6 Å². The predicted molar refractivity (Wildman–Crippen MR) is 80.6 cm³/mol. The van der Waals surface area contributed by atoms with Crippen LogP contribution in [0.3, 0.4) is 0 Å². The Balaban J connectivity index is 2.28. The molecular weight excluding hydrogens is 290 g/mol. The van der Waals surface area contributed by atoms with E-state index in [1.165, 1.54) is 11.1 Å². The van der Waals surface area contributed by atoms with Gasteiger partial charge in [-0.15, -0.1) is 16.7 Å². The molecule has 0 aliphatic carbocycles. The smallest absolute Gasteiger partial charge is 0.360 e. The number of carbonyl (C=O) groups excluding carboxylic acids is 1. The Kier molecular flexibility index (Phi) is 4.96. The van der Waals surface area contributed by atoms with Crippen molar-refractivity contribution in [2.75, 3.05) is 6.61 Å². The van der Waals surface area contributed by atoms with Gasteiger partial charge in [-0.25, -0.2) is 9.48 Å². The van der Waals surface area contributed by atoms with Crippen molar-refractivity contribution in [2.45, 2.75) is 33.2 Å². The molecule has 0 N–H and O–H groups in total. The number of aryl methyl sites for hydroxylation is 2. The lowest BCUT2D eigenvalue weighted by molar-refractivity contribution is 0.0518. The van der Waals surface area contributed by atoms with Crippen molar-refractivity contribution in [3.8, 4) is 0 Å². The van der Waals surface area contributed by atoms with E-state index < -0.39 is 5.97 Å². The number of hydrogen-bond donors (Lipinski definition) is 0. The van der Waals surface area contributed by atoms with Crippen LogP contribution in [0.2, 0.25) is 0 Å². The van der Waals surface area contributed by atoms with E-state index >= 15 is 0 Å². The fraction of sp³-hybridized carbons (Fsp3) is 0.400. The number of ether oxygens (including phenoxy) is 1. The molecule has 0 unspecified atom stereocenters. The third kappa shape index (κ3) is 3.42. The van der Waals surface area contributed by atoms with E-state index in [0.29, 0.717) is 18.8 Å². The maximum atomic E-state index is 11.8. The van der Waals surface area contributed by atoms with Crippen LogP contribution in [0.5, 0.6) is 0 Å². The SMILES string of the molecule is CCOC(=O)c1nnn(Cc2ccc(C)c(C)c2)c1CCl. The first-order valence-electron chi connectivity index (χ1n) is 6.78. The molecule has 0 amide bonds. The van der Waals surface area contributed by atoms with Crippen molar-refractivity contribution < 1.29 is 9.53 Å². The Morgan fingerprint density at radius 2 is 2.10 bits per heavy atom. The van der Waals surface area contributed by atoms with Gasteiger partial charge in [-0.05, 0) is 37.5 Å². The Bertz CT molecular complexity index is 652. The van der Waals surface area contributed by atoms with Gasteiger partial charge >= 0.3 is 5.97 Å². The van der Waals surface area contributed by atoms with Gasteiger partial charge in [0.25, 0.3) is 0 Å². The highest BCUT2D eigenvalue weighted by Gasteiger charge is 2.20. The number of aromatic nitrogens is 3. The molecule has 0 spiro atoms. The van der Waals surface area contributed by atoms with Gasteiger partial charge in [-0.2, -0.15) is 0 Å². The van der Waals surface area contributed by atoms with Crippen LogP contribution in [0.25, 0.3) is 0 Å². The summed E-state index contributed by atoms with van der Waals surface area (Å²) in [6.07, 6.45) is 0. The molecule has 6 heteroatoms. The second-order valence-electron chi connectivity index (χ2n) is 4.82. The summed E-state index contributed by atoms with van der Waals surface area (Å²) in [5.41, 5.74) is 4.31. The lowest BCUT2D eigenvalue weighted by Gasteiger charge is -2.07. The summed E-state index contributed by atoms with van der Waals surface area (Å²) in [4.78, 5) is 11.8. The maximum Gasteiger partial charge on any atom is 0.360 e. The minimum absolute atomic E-state index is 0.159. The molecule has 0 aliphatic rings. The molecule has 1 aromatic heterocycles. The van der Waals surface area contributed by atoms with Crippen molar-refractivity contribution >= 4 is 17.6 Å². The third-order valence-electron chi connectivity index (χ3n) is 3.34. The van der Waals surface area contributed by atoms with Crippen molar-refractivity contribution in [1.29, 1.82) is 0 Å². The monoisotopic (exact) mass is 307 g/mol. The molecule has 21 heavy (non-hydrogen) atoms. The highest BCUT2D eigenvalue weighted by Crippen LogP contribution is 2.15. The second kappa shape index (κ2) is 6.72.